The van der Waals surface area contributed by atoms with Gasteiger partial charge in [0.1, 0.15) is 0 Å². The van der Waals surface area contributed by atoms with E-state index in [1.807, 2.05) is 0 Å². The third-order valence-corrected chi connectivity index (χ3v) is 3.98. The molecule has 2 atom stereocenters. The highest BCUT2D eigenvalue weighted by Crippen LogP contribution is 2.25. The Hall–Kier alpha value is -0.0800. The van der Waals surface area contributed by atoms with Gasteiger partial charge >= 0.3 is 0 Å². The van der Waals surface area contributed by atoms with Gasteiger partial charge in [-0.05, 0) is 45.7 Å². The molecule has 0 amide bonds. The van der Waals surface area contributed by atoms with Gasteiger partial charge in [-0.15, -0.1) is 0 Å². The molecule has 1 saturated carbocycles. The molecule has 2 unspecified atom stereocenters. The highest BCUT2D eigenvalue weighted by molar-refractivity contribution is 4.83. The third-order valence-electron chi connectivity index (χ3n) is 3.98. The summed E-state index contributed by atoms with van der Waals surface area (Å²) in [7, 11) is 0. The van der Waals surface area contributed by atoms with Gasteiger partial charge in [0.2, 0.25) is 0 Å². The Kier molecular flexibility index (Phi) is 6.37. The summed E-state index contributed by atoms with van der Waals surface area (Å²) >= 11 is 0. The van der Waals surface area contributed by atoms with E-state index in [4.69, 9.17) is 0 Å². The van der Waals surface area contributed by atoms with Crippen molar-refractivity contribution in [3.63, 3.8) is 0 Å². The van der Waals surface area contributed by atoms with Gasteiger partial charge in [0.05, 0.1) is 0 Å². The second kappa shape index (κ2) is 7.29. The van der Waals surface area contributed by atoms with Gasteiger partial charge in [0.15, 0.2) is 0 Å². The van der Waals surface area contributed by atoms with Gasteiger partial charge in [0.25, 0.3) is 0 Å². The van der Waals surface area contributed by atoms with Crippen LogP contribution in [0.3, 0.4) is 0 Å². The first-order valence-corrected chi connectivity index (χ1v) is 7.16. The molecule has 0 saturated heterocycles. The molecule has 1 rings (SSSR count). The monoisotopic (exact) mass is 226 g/mol. The number of rotatable bonds is 6. The van der Waals surface area contributed by atoms with Crippen LogP contribution in [-0.2, 0) is 0 Å². The zero-order valence-electron chi connectivity index (χ0n) is 11.6. The van der Waals surface area contributed by atoms with E-state index in [9.17, 15) is 0 Å². The van der Waals surface area contributed by atoms with E-state index in [0.717, 1.165) is 18.5 Å². The van der Waals surface area contributed by atoms with Crippen LogP contribution >= 0.6 is 0 Å². The fourth-order valence-electron chi connectivity index (χ4n) is 2.96. The molecular formula is C14H30N2. The number of nitrogens with zero attached hydrogens (tertiary/aromatic N) is 1. The Morgan fingerprint density at radius 2 is 1.88 bits per heavy atom. The summed E-state index contributed by atoms with van der Waals surface area (Å²) < 4.78 is 0. The lowest BCUT2D eigenvalue weighted by atomic mass is 9.84. The summed E-state index contributed by atoms with van der Waals surface area (Å²) in [6.45, 7) is 12.7. The lowest BCUT2D eigenvalue weighted by Crippen LogP contribution is -2.45. The first-order valence-electron chi connectivity index (χ1n) is 7.16. The summed E-state index contributed by atoms with van der Waals surface area (Å²) in [5.74, 6) is 0.871. The van der Waals surface area contributed by atoms with Gasteiger partial charge in [-0.2, -0.15) is 0 Å². The summed E-state index contributed by atoms with van der Waals surface area (Å²) in [4.78, 5) is 2.61. The average Bonchev–Trinajstić information content (AvgIpc) is 2.27. The number of nitrogens with one attached hydrogen (secondary N) is 1. The summed E-state index contributed by atoms with van der Waals surface area (Å²) in [6, 6.07) is 1.46. The van der Waals surface area contributed by atoms with Crippen LogP contribution in [0.2, 0.25) is 0 Å². The van der Waals surface area contributed by atoms with Crippen molar-refractivity contribution >= 4 is 0 Å². The summed E-state index contributed by atoms with van der Waals surface area (Å²) in [5.41, 5.74) is 0. The maximum Gasteiger partial charge on any atom is 0.0107 e. The minimum Gasteiger partial charge on any atom is -0.314 e. The molecule has 0 aromatic heterocycles. The Labute approximate surface area is 102 Å². The van der Waals surface area contributed by atoms with Crippen LogP contribution in [0.25, 0.3) is 0 Å². The van der Waals surface area contributed by atoms with E-state index < -0.39 is 0 Å². The first-order chi connectivity index (χ1) is 7.69. The van der Waals surface area contributed by atoms with E-state index >= 15 is 0 Å². The Morgan fingerprint density at radius 1 is 1.19 bits per heavy atom. The molecule has 16 heavy (non-hydrogen) atoms. The van der Waals surface area contributed by atoms with Crippen LogP contribution in [-0.4, -0.2) is 36.6 Å². The van der Waals surface area contributed by atoms with Crippen molar-refractivity contribution in [2.45, 2.75) is 65.5 Å². The molecule has 2 heteroatoms. The van der Waals surface area contributed by atoms with Gasteiger partial charge in [-0.25, -0.2) is 0 Å². The van der Waals surface area contributed by atoms with E-state index in [2.05, 4.69) is 37.9 Å². The first kappa shape index (κ1) is 14.0. The summed E-state index contributed by atoms with van der Waals surface area (Å²) in [5, 5.41) is 3.68. The van der Waals surface area contributed by atoms with Crippen molar-refractivity contribution in [1.29, 1.82) is 0 Å². The smallest absolute Gasteiger partial charge is 0.0107 e. The quantitative estimate of drug-likeness (QED) is 0.749. The van der Waals surface area contributed by atoms with Crippen LogP contribution in [0.1, 0.15) is 53.4 Å². The maximum absolute atomic E-state index is 3.68. The molecule has 0 spiro atoms. The highest BCUT2D eigenvalue weighted by atomic mass is 15.1. The van der Waals surface area contributed by atoms with Crippen LogP contribution < -0.4 is 5.32 Å². The topological polar surface area (TPSA) is 15.3 Å². The normalized spacial score (nSPS) is 26.6. The highest BCUT2D eigenvalue weighted by Gasteiger charge is 2.26. The molecule has 1 N–H and O–H groups in total. The van der Waals surface area contributed by atoms with Gasteiger partial charge < -0.3 is 10.2 Å². The second-order valence-electron chi connectivity index (χ2n) is 5.39. The predicted octanol–water partition coefficient (Wildman–Crippen LogP) is 2.89. The van der Waals surface area contributed by atoms with Crippen molar-refractivity contribution in [1.82, 2.24) is 10.2 Å². The van der Waals surface area contributed by atoms with Crippen LogP contribution in [0.4, 0.5) is 0 Å². The maximum atomic E-state index is 3.68. The molecule has 96 valence electrons. The SMILES string of the molecule is CCNC1CCCCC1CN(CC)C(C)C. The minimum absolute atomic E-state index is 0.689. The van der Waals surface area contributed by atoms with Crippen molar-refractivity contribution in [3.05, 3.63) is 0 Å². The van der Waals surface area contributed by atoms with Gasteiger partial charge in [0, 0.05) is 18.6 Å². The Bertz CT molecular complexity index is 178. The van der Waals surface area contributed by atoms with Crippen molar-refractivity contribution < 1.29 is 0 Å². The Balaban J connectivity index is 2.47. The molecule has 0 aromatic carbocycles. The van der Waals surface area contributed by atoms with E-state index in [1.54, 1.807) is 0 Å². The van der Waals surface area contributed by atoms with Crippen molar-refractivity contribution in [2.24, 2.45) is 5.92 Å². The fourth-order valence-corrected chi connectivity index (χ4v) is 2.96. The summed E-state index contributed by atoms with van der Waals surface area (Å²) in [6.07, 6.45) is 5.65. The van der Waals surface area contributed by atoms with Gasteiger partial charge in [-0.1, -0.05) is 26.7 Å². The zero-order valence-corrected chi connectivity index (χ0v) is 11.6. The molecule has 0 bridgehead atoms. The molecule has 0 aliphatic heterocycles. The molecule has 2 nitrogen and oxygen atoms in total. The molecule has 0 aromatic rings. The van der Waals surface area contributed by atoms with E-state index in [-0.39, 0.29) is 0 Å². The average molecular weight is 226 g/mol. The number of hydrogen-bond acceptors (Lipinski definition) is 2. The Morgan fingerprint density at radius 3 is 2.44 bits per heavy atom. The minimum atomic E-state index is 0.689. The fraction of sp³-hybridized carbons (Fsp3) is 1.00. The number of hydrogen-bond donors (Lipinski definition) is 1. The van der Waals surface area contributed by atoms with Crippen molar-refractivity contribution in [2.75, 3.05) is 19.6 Å². The lowest BCUT2D eigenvalue weighted by molar-refractivity contribution is 0.148. The van der Waals surface area contributed by atoms with Crippen LogP contribution in [0, 0.1) is 5.92 Å². The predicted molar refractivity (Wildman–Crippen MR) is 71.8 cm³/mol. The molecule has 1 fully saturated rings. The molecule has 1 aliphatic rings. The van der Waals surface area contributed by atoms with Crippen LogP contribution in [0.5, 0.6) is 0 Å². The van der Waals surface area contributed by atoms with E-state index in [1.165, 1.54) is 38.8 Å². The molecular weight excluding hydrogens is 196 g/mol. The van der Waals surface area contributed by atoms with E-state index in [0.29, 0.717) is 6.04 Å². The lowest BCUT2D eigenvalue weighted by Gasteiger charge is -2.37. The largest absolute Gasteiger partial charge is 0.314 e. The van der Waals surface area contributed by atoms with Gasteiger partial charge in [-0.3, -0.25) is 0 Å². The zero-order chi connectivity index (χ0) is 12.0. The molecule has 0 radical (unpaired) electrons. The molecule has 0 heterocycles. The third kappa shape index (κ3) is 4.06. The van der Waals surface area contributed by atoms with Crippen LogP contribution in [0.15, 0.2) is 0 Å². The standard InChI is InChI=1S/C14H30N2/c1-5-15-14-10-8-7-9-13(14)11-16(6-2)12(3)4/h12-15H,5-11H2,1-4H3. The second-order valence-corrected chi connectivity index (χ2v) is 5.39. The molecule has 1 aliphatic carbocycles. The van der Waals surface area contributed by atoms with Crippen molar-refractivity contribution in [3.8, 4) is 0 Å².